The van der Waals surface area contributed by atoms with Crippen molar-refractivity contribution in [1.29, 1.82) is 0 Å². The molecule has 1 heterocycles. The fraction of sp³-hybridized carbons (Fsp3) is 0.486. The summed E-state index contributed by atoms with van der Waals surface area (Å²) in [6.45, 7) is 6.32. The highest BCUT2D eigenvalue weighted by atomic mass is 35.5. The van der Waals surface area contributed by atoms with Gasteiger partial charge in [-0.05, 0) is 62.1 Å². The first-order valence-electron chi connectivity index (χ1n) is 16.0. The average Bonchev–Trinajstić information content (AvgIpc) is 3.33. The van der Waals surface area contributed by atoms with Crippen LogP contribution in [0.2, 0.25) is 5.02 Å². The predicted molar refractivity (Wildman–Crippen MR) is 181 cm³/mol. The Morgan fingerprint density at radius 2 is 1.60 bits per heavy atom. The van der Waals surface area contributed by atoms with E-state index in [2.05, 4.69) is 13.8 Å². The molecule has 0 saturated heterocycles. The molecule has 2 aliphatic rings. The van der Waals surface area contributed by atoms with E-state index in [-0.39, 0.29) is 35.0 Å². The van der Waals surface area contributed by atoms with Crippen LogP contribution in [-0.2, 0) is 41.5 Å². The number of amides is 3. The van der Waals surface area contributed by atoms with E-state index in [0.29, 0.717) is 30.6 Å². The second-order valence-electron chi connectivity index (χ2n) is 11.1. The van der Waals surface area contributed by atoms with Crippen molar-refractivity contribution in [2.45, 2.75) is 78.6 Å². The third-order valence-electron chi connectivity index (χ3n) is 7.90. The molecule has 0 aromatic heterocycles. The van der Waals surface area contributed by atoms with E-state index < -0.39 is 30.2 Å². The summed E-state index contributed by atoms with van der Waals surface area (Å²) in [5, 5.41) is -0.0677. The van der Waals surface area contributed by atoms with E-state index in [1.807, 2.05) is 25.1 Å². The third kappa shape index (κ3) is 9.55. The summed E-state index contributed by atoms with van der Waals surface area (Å²) >= 11 is 11.7. The van der Waals surface area contributed by atoms with Crippen LogP contribution in [0.15, 0.2) is 41.5 Å². The highest BCUT2D eigenvalue weighted by molar-refractivity contribution is 6.34. The monoisotopic (exact) mass is 692 g/mol. The van der Waals surface area contributed by atoms with Gasteiger partial charge in [0, 0.05) is 24.3 Å². The van der Waals surface area contributed by atoms with Gasteiger partial charge in [0.1, 0.15) is 24.2 Å². The summed E-state index contributed by atoms with van der Waals surface area (Å²) in [6, 6.07) is 8.25. The summed E-state index contributed by atoms with van der Waals surface area (Å²) in [7, 11) is 1.58. The minimum atomic E-state index is -0.814. The maximum absolute atomic E-state index is 14.5. The van der Waals surface area contributed by atoms with Crippen LogP contribution in [0.3, 0.4) is 0 Å². The molecule has 2 aromatic carbocycles. The molecule has 4 rings (SSSR count). The number of methoxy groups -OCH3 is 1. The first-order valence-corrected chi connectivity index (χ1v) is 16.9. The number of unbranched alkanes of at least 4 members (excludes halogenated alkanes) is 2. The van der Waals surface area contributed by atoms with Gasteiger partial charge >= 0.3 is 5.97 Å². The number of alkyl halides is 1. The Balaban J connectivity index is 0.000000287. The molecule has 0 spiro atoms. The lowest BCUT2D eigenvalue weighted by atomic mass is 9.93. The van der Waals surface area contributed by atoms with Crippen molar-refractivity contribution >= 4 is 58.3 Å². The Morgan fingerprint density at radius 1 is 0.979 bits per heavy atom. The molecule has 0 saturated carbocycles. The van der Waals surface area contributed by atoms with Crippen molar-refractivity contribution in [1.82, 2.24) is 0 Å². The van der Waals surface area contributed by atoms with Gasteiger partial charge in [0.25, 0.3) is 11.8 Å². The number of para-hydroxylation sites is 1. The zero-order chi connectivity index (χ0) is 34.5. The maximum atomic E-state index is 14.5. The molecule has 256 valence electrons. The van der Waals surface area contributed by atoms with Crippen molar-refractivity contribution in [3.63, 3.8) is 0 Å². The Labute approximate surface area is 285 Å². The number of carbonyl (C=O) groups is 4. The molecule has 0 unspecified atom stereocenters. The molecule has 0 atom stereocenters. The van der Waals surface area contributed by atoms with Crippen LogP contribution in [0.5, 0.6) is 5.75 Å². The van der Waals surface area contributed by atoms with Crippen LogP contribution in [0.4, 0.5) is 15.8 Å². The van der Waals surface area contributed by atoms with E-state index >= 15 is 0 Å². The second-order valence-corrected chi connectivity index (χ2v) is 11.7. The molecule has 47 heavy (non-hydrogen) atoms. The summed E-state index contributed by atoms with van der Waals surface area (Å²) in [6.07, 6.45) is 7.15. The molecule has 2 aromatic rings. The molecule has 9 nitrogen and oxygen atoms in total. The van der Waals surface area contributed by atoms with E-state index in [0.717, 1.165) is 72.7 Å². The van der Waals surface area contributed by atoms with E-state index in [9.17, 15) is 23.6 Å². The highest BCUT2D eigenvalue weighted by Gasteiger charge is 2.41. The number of anilines is 2. The van der Waals surface area contributed by atoms with Gasteiger partial charge < -0.3 is 14.2 Å². The molecule has 3 amide bonds. The molecule has 0 N–H and O–H groups in total. The molecule has 0 fully saturated rings. The van der Waals surface area contributed by atoms with Crippen LogP contribution in [0.25, 0.3) is 0 Å². The number of esters is 1. The standard InChI is InChI=1S/C21H23ClFNO5.C14H20ClNO2/c1-2-3-6-9-28-19(25)12-29-18-11-17(16(23)10-15(18)22)24-20(26)13-7-4-5-8-14(13)21(24)27;1-4-11-7-6-8-12(5-2)14(11)16(10-18-3)13(17)9-15/h10-11H,2-9,12H2,1H3;6-8H,4-5,9-10H2,1-3H3. The first kappa shape index (κ1) is 38.0. The smallest absolute Gasteiger partial charge is 0.344 e. The van der Waals surface area contributed by atoms with Crippen LogP contribution >= 0.6 is 23.2 Å². The van der Waals surface area contributed by atoms with Crippen LogP contribution in [-0.4, -0.2) is 56.6 Å². The molecule has 1 aliphatic heterocycles. The van der Waals surface area contributed by atoms with Gasteiger partial charge in [0.2, 0.25) is 5.91 Å². The third-order valence-corrected chi connectivity index (χ3v) is 8.42. The lowest BCUT2D eigenvalue weighted by Gasteiger charge is -2.26. The summed E-state index contributed by atoms with van der Waals surface area (Å²) in [5.41, 5.74) is 3.91. The Bertz CT molecular complexity index is 1430. The summed E-state index contributed by atoms with van der Waals surface area (Å²) in [4.78, 5) is 51.5. The number of rotatable bonds is 14. The zero-order valence-corrected chi connectivity index (χ0v) is 29.0. The number of carbonyl (C=O) groups excluding carboxylic acids is 4. The number of aryl methyl sites for hydroxylation is 2. The van der Waals surface area contributed by atoms with Crippen molar-refractivity contribution in [3.05, 3.63) is 63.4 Å². The number of halogens is 3. The van der Waals surface area contributed by atoms with Gasteiger partial charge in [-0.1, -0.05) is 63.4 Å². The molecule has 0 radical (unpaired) electrons. The fourth-order valence-electron chi connectivity index (χ4n) is 5.50. The molecular formula is C35H43Cl2FN2O7. The van der Waals surface area contributed by atoms with Gasteiger partial charge in [-0.3, -0.25) is 19.3 Å². The number of nitrogens with zero attached hydrogens (tertiary/aromatic N) is 2. The topological polar surface area (TPSA) is 102 Å². The van der Waals surface area contributed by atoms with E-state index in [1.165, 1.54) is 6.07 Å². The van der Waals surface area contributed by atoms with Crippen molar-refractivity contribution < 1.29 is 37.8 Å². The Hall–Kier alpha value is -3.47. The number of hydrogen-bond acceptors (Lipinski definition) is 7. The highest BCUT2D eigenvalue weighted by Crippen LogP contribution is 2.39. The van der Waals surface area contributed by atoms with Crippen molar-refractivity contribution in [2.24, 2.45) is 0 Å². The second kappa shape index (κ2) is 18.8. The molecule has 0 bridgehead atoms. The van der Waals surface area contributed by atoms with Gasteiger partial charge in [-0.25, -0.2) is 14.1 Å². The quantitative estimate of drug-likeness (QED) is 0.0672. The SMILES string of the molecule is CCCCCOC(=O)COc1cc(N2C(=O)C3=C(CCCC3)C2=O)c(F)cc1Cl.CCc1cccc(CC)c1N(COC)C(=O)CCl. The normalized spacial score (nSPS) is 14.1. The predicted octanol–water partition coefficient (Wildman–Crippen LogP) is 7.32. The lowest BCUT2D eigenvalue weighted by molar-refractivity contribution is -0.146. The van der Waals surface area contributed by atoms with Crippen molar-refractivity contribution in [3.8, 4) is 5.75 Å². The number of imide groups is 1. The first-order chi connectivity index (χ1) is 22.6. The summed E-state index contributed by atoms with van der Waals surface area (Å²) < 4.78 is 30.1. The minimum Gasteiger partial charge on any atom is -0.480 e. The number of ether oxygens (including phenoxy) is 3. The van der Waals surface area contributed by atoms with E-state index in [4.69, 9.17) is 37.4 Å². The van der Waals surface area contributed by atoms with Gasteiger partial charge in [0.05, 0.1) is 23.0 Å². The lowest BCUT2D eigenvalue weighted by Crippen LogP contribution is -2.35. The maximum Gasteiger partial charge on any atom is 0.344 e. The Morgan fingerprint density at radius 3 is 2.13 bits per heavy atom. The van der Waals surface area contributed by atoms with Crippen LogP contribution < -0.4 is 14.5 Å². The zero-order valence-electron chi connectivity index (χ0n) is 27.5. The number of hydrogen-bond donors (Lipinski definition) is 0. The van der Waals surface area contributed by atoms with Crippen molar-refractivity contribution in [2.75, 3.05) is 42.7 Å². The molecule has 12 heteroatoms. The van der Waals surface area contributed by atoms with Gasteiger partial charge in [-0.2, -0.15) is 0 Å². The van der Waals surface area contributed by atoms with Crippen LogP contribution in [0, 0.1) is 5.82 Å². The molecular weight excluding hydrogens is 650 g/mol. The largest absolute Gasteiger partial charge is 0.480 e. The van der Waals surface area contributed by atoms with Crippen LogP contribution in [0.1, 0.15) is 76.8 Å². The molecule has 1 aliphatic carbocycles. The average molecular weight is 694 g/mol. The number of benzene rings is 2. The van der Waals surface area contributed by atoms with E-state index in [1.54, 1.807) is 12.0 Å². The van der Waals surface area contributed by atoms with Gasteiger partial charge in [0.15, 0.2) is 6.61 Å². The Kier molecular flexibility index (Phi) is 15.2. The van der Waals surface area contributed by atoms with Gasteiger partial charge in [-0.15, -0.1) is 11.6 Å². The summed E-state index contributed by atoms with van der Waals surface area (Å²) in [5.74, 6) is -2.57. The fourth-order valence-corrected chi connectivity index (χ4v) is 5.85. The minimum absolute atomic E-state index is 0.000883.